The van der Waals surface area contributed by atoms with E-state index >= 15 is 0 Å². The Balaban J connectivity index is 4.05. The van der Waals surface area contributed by atoms with Gasteiger partial charge in [-0.05, 0) is 12.8 Å². The molecule has 0 spiro atoms. The molecule has 0 atom stereocenters. The standard InChI is InChI=1S/C12H19NO4/c1-2-3-4-5-6-7-8-11(13(16)17)9-10-12(14)15/h6-7,9H,2-5,8,10H2,1H3,(H,14,15)/b7-6-,11-9+. The summed E-state index contributed by atoms with van der Waals surface area (Å²) in [4.78, 5) is 20.3. The van der Waals surface area contributed by atoms with Crippen LogP contribution in [0.15, 0.2) is 23.9 Å². The Kier molecular flexibility index (Phi) is 8.64. The molecule has 0 aliphatic rings. The molecule has 5 heteroatoms. The fourth-order valence-corrected chi connectivity index (χ4v) is 1.27. The van der Waals surface area contributed by atoms with Gasteiger partial charge in [0.15, 0.2) is 0 Å². The van der Waals surface area contributed by atoms with Gasteiger partial charge in [-0.2, -0.15) is 0 Å². The Morgan fingerprint density at radius 1 is 1.29 bits per heavy atom. The summed E-state index contributed by atoms with van der Waals surface area (Å²) in [5.41, 5.74) is -0.0564. The number of carbonyl (C=O) groups is 1. The van der Waals surface area contributed by atoms with E-state index in [1.165, 1.54) is 0 Å². The quantitative estimate of drug-likeness (QED) is 0.291. The van der Waals surface area contributed by atoms with E-state index in [0.29, 0.717) is 0 Å². The minimum atomic E-state index is -1.06. The summed E-state index contributed by atoms with van der Waals surface area (Å²) in [5, 5.41) is 19.0. The van der Waals surface area contributed by atoms with E-state index in [-0.39, 0.29) is 18.5 Å². The van der Waals surface area contributed by atoms with Crippen LogP contribution < -0.4 is 0 Å². The predicted octanol–water partition coefficient (Wildman–Crippen LogP) is 3.15. The minimum absolute atomic E-state index is 0.0564. The van der Waals surface area contributed by atoms with Crippen LogP contribution in [0, 0.1) is 10.1 Å². The summed E-state index contributed by atoms with van der Waals surface area (Å²) in [6, 6.07) is 0. The molecule has 0 unspecified atom stereocenters. The fraction of sp³-hybridized carbons (Fsp3) is 0.583. The highest BCUT2D eigenvalue weighted by Crippen LogP contribution is 2.07. The first-order valence-corrected chi connectivity index (χ1v) is 5.78. The number of hydrogen-bond donors (Lipinski definition) is 1. The number of rotatable bonds is 9. The third kappa shape index (κ3) is 9.29. The maximum absolute atomic E-state index is 10.6. The molecule has 0 aromatic rings. The number of carboxylic acids is 1. The highest BCUT2D eigenvalue weighted by Gasteiger charge is 2.08. The normalized spacial score (nSPS) is 11.9. The molecule has 0 amide bonds. The van der Waals surface area contributed by atoms with Crippen molar-refractivity contribution in [3.8, 4) is 0 Å². The van der Waals surface area contributed by atoms with Crippen molar-refractivity contribution in [2.75, 3.05) is 0 Å². The van der Waals surface area contributed by atoms with Crippen LogP contribution in [0.4, 0.5) is 0 Å². The second kappa shape index (κ2) is 9.57. The third-order valence-corrected chi connectivity index (χ3v) is 2.21. The zero-order chi connectivity index (χ0) is 13.1. The van der Waals surface area contributed by atoms with Crippen molar-refractivity contribution in [2.45, 2.75) is 45.4 Å². The lowest BCUT2D eigenvalue weighted by molar-refractivity contribution is -0.427. The molecule has 0 aliphatic heterocycles. The number of nitro groups is 1. The van der Waals surface area contributed by atoms with Gasteiger partial charge in [-0.3, -0.25) is 14.9 Å². The van der Waals surface area contributed by atoms with Crippen LogP contribution in [0.3, 0.4) is 0 Å². The molecule has 0 bridgehead atoms. The van der Waals surface area contributed by atoms with Gasteiger partial charge in [0.25, 0.3) is 0 Å². The lowest BCUT2D eigenvalue weighted by Gasteiger charge is -1.94. The average Bonchev–Trinajstić information content (AvgIpc) is 2.26. The van der Waals surface area contributed by atoms with Crippen molar-refractivity contribution in [1.82, 2.24) is 0 Å². The first kappa shape index (κ1) is 15.3. The number of allylic oxidation sites excluding steroid dienone is 2. The first-order chi connectivity index (χ1) is 8.07. The fourth-order valence-electron chi connectivity index (χ4n) is 1.27. The second-order valence-electron chi connectivity index (χ2n) is 3.72. The van der Waals surface area contributed by atoms with Gasteiger partial charge in [0.05, 0.1) is 17.8 Å². The van der Waals surface area contributed by atoms with E-state index in [9.17, 15) is 14.9 Å². The van der Waals surface area contributed by atoms with E-state index in [1.54, 1.807) is 6.08 Å². The maximum atomic E-state index is 10.6. The predicted molar refractivity (Wildman–Crippen MR) is 65.2 cm³/mol. The van der Waals surface area contributed by atoms with Crippen LogP contribution in [0.1, 0.15) is 45.4 Å². The van der Waals surface area contributed by atoms with E-state index in [4.69, 9.17) is 5.11 Å². The Bertz CT molecular complexity index is 308. The number of unbranched alkanes of at least 4 members (excludes halogenated alkanes) is 3. The Morgan fingerprint density at radius 3 is 2.53 bits per heavy atom. The first-order valence-electron chi connectivity index (χ1n) is 5.78. The molecule has 0 aliphatic carbocycles. The Hall–Kier alpha value is -1.65. The molecule has 0 fully saturated rings. The zero-order valence-electron chi connectivity index (χ0n) is 10.1. The van der Waals surface area contributed by atoms with E-state index in [2.05, 4.69) is 6.92 Å². The SMILES string of the molecule is CCCCC/C=C\C/C(=C\CC(=O)O)[N+](=O)[O-]. The highest BCUT2D eigenvalue weighted by atomic mass is 16.6. The van der Waals surface area contributed by atoms with Crippen LogP contribution in [0.25, 0.3) is 0 Å². The average molecular weight is 241 g/mol. The van der Waals surface area contributed by atoms with Gasteiger partial charge >= 0.3 is 5.97 Å². The second-order valence-corrected chi connectivity index (χ2v) is 3.72. The van der Waals surface area contributed by atoms with Crippen LogP contribution in [-0.4, -0.2) is 16.0 Å². The number of hydrogen-bond acceptors (Lipinski definition) is 3. The van der Waals surface area contributed by atoms with Crippen LogP contribution >= 0.6 is 0 Å². The third-order valence-electron chi connectivity index (χ3n) is 2.21. The van der Waals surface area contributed by atoms with Crippen molar-refractivity contribution in [2.24, 2.45) is 0 Å². The van der Waals surface area contributed by atoms with Gasteiger partial charge in [0.2, 0.25) is 5.70 Å². The van der Waals surface area contributed by atoms with Crippen molar-refractivity contribution in [3.63, 3.8) is 0 Å². The molecule has 17 heavy (non-hydrogen) atoms. The molecule has 0 saturated heterocycles. The number of nitrogens with zero attached hydrogens (tertiary/aromatic N) is 1. The summed E-state index contributed by atoms with van der Waals surface area (Å²) >= 11 is 0. The van der Waals surface area contributed by atoms with Crippen molar-refractivity contribution >= 4 is 5.97 Å². The molecule has 0 aromatic carbocycles. The van der Waals surface area contributed by atoms with Gasteiger partial charge in [-0.25, -0.2) is 0 Å². The topological polar surface area (TPSA) is 80.4 Å². The molecule has 0 aromatic heterocycles. The molecular formula is C12H19NO4. The van der Waals surface area contributed by atoms with E-state index in [1.807, 2.05) is 6.08 Å². The van der Waals surface area contributed by atoms with Crippen molar-refractivity contribution in [3.05, 3.63) is 34.0 Å². The lowest BCUT2D eigenvalue weighted by atomic mass is 10.2. The monoisotopic (exact) mass is 241 g/mol. The summed E-state index contributed by atoms with van der Waals surface area (Å²) in [5.74, 6) is -1.06. The van der Waals surface area contributed by atoms with Gasteiger partial charge in [-0.1, -0.05) is 31.9 Å². The molecular weight excluding hydrogens is 222 g/mol. The van der Waals surface area contributed by atoms with Gasteiger partial charge in [-0.15, -0.1) is 0 Å². The van der Waals surface area contributed by atoms with Gasteiger partial charge < -0.3 is 5.11 Å². The summed E-state index contributed by atoms with van der Waals surface area (Å²) in [7, 11) is 0. The molecule has 0 radical (unpaired) electrons. The molecule has 0 saturated carbocycles. The highest BCUT2D eigenvalue weighted by molar-refractivity contribution is 5.68. The molecule has 0 rings (SSSR count). The summed E-state index contributed by atoms with van der Waals surface area (Å²) < 4.78 is 0. The smallest absolute Gasteiger partial charge is 0.307 e. The van der Waals surface area contributed by atoms with Crippen molar-refractivity contribution in [1.29, 1.82) is 0 Å². The molecule has 5 nitrogen and oxygen atoms in total. The number of aliphatic carboxylic acids is 1. The number of carboxylic acid groups (broad SMARTS) is 1. The summed E-state index contributed by atoms with van der Waals surface area (Å²) in [6.07, 6.45) is 8.97. The van der Waals surface area contributed by atoms with Gasteiger partial charge in [0.1, 0.15) is 0 Å². The maximum Gasteiger partial charge on any atom is 0.307 e. The minimum Gasteiger partial charge on any atom is -0.481 e. The zero-order valence-corrected chi connectivity index (χ0v) is 10.1. The van der Waals surface area contributed by atoms with Crippen LogP contribution in [-0.2, 0) is 4.79 Å². The largest absolute Gasteiger partial charge is 0.481 e. The molecule has 0 heterocycles. The lowest BCUT2D eigenvalue weighted by Crippen LogP contribution is -2.00. The van der Waals surface area contributed by atoms with Crippen LogP contribution in [0.2, 0.25) is 0 Å². The van der Waals surface area contributed by atoms with E-state index < -0.39 is 10.9 Å². The Labute approximate surface area is 101 Å². The van der Waals surface area contributed by atoms with Crippen molar-refractivity contribution < 1.29 is 14.8 Å². The van der Waals surface area contributed by atoms with E-state index in [0.717, 1.165) is 31.8 Å². The van der Waals surface area contributed by atoms with Gasteiger partial charge in [0, 0.05) is 6.08 Å². The van der Waals surface area contributed by atoms with Crippen LogP contribution in [0.5, 0.6) is 0 Å². The molecule has 1 N–H and O–H groups in total. The molecule has 96 valence electrons. The Morgan fingerprint density at radius 2 is 2.00 bits per heavy atom. The summed E-state index contributed by atoms with van der Waals surface area (Å²) in [6.45, 7) is 2.11.